The molecule has 0 unspecified atom stereocenters. The van der Waals surface area contributed by atoms with Crippen molar-refractivity contribution in [2.24, 2.45) is 0 Å². The first-order valence-corrected chi connectivity index (χ1v) is 5.53. The van der Waals surface area contributed by atoms with Crippen LogP contribution >= 0.6 is 0 Å². The van der Waals surface area contributed by atoms with Crippen molar-refractivity contribution in [2.45, 2.75) is 25.1 Å². The lowest BCUT2D eigenvalue weighted by atomic mass is 10.1. The number of rotatable bonds is 2. The van der Waals surface area contributed by atoms with E-state index in [9.17, 15) is 13.2 Å². The number of benzene rings is 1. The maximum absolute atomic E-state index is 12.8. The van der Waals surface area contributed by atoms with Crippen LogP contribution in [0.3, 0.4) is 0 Å². The summed E-state index contributed by atoms with van der Waals surface area (Å²) in [6, 6.07) is 5.20. The SMILES string of the molecule is N#Cc1ccc(C(F)(F)F)c(NC2CC=CC2)c1. The smallest absolute Gasteiger partial charge is 0.381 e. The molecule has 0 atom stereocenters. The standard InChI is InChI=1S/C13H11F3N2/c14-13(15,16)11-6-5-9(8-17)7-12(11)18-10-3-1-2-4-10/h1-2,5-7,10,18H,3-4H2. The lowest BCUT2D eigenvalue weighted by Crippen LogP contribution is -2.19. The minimum absolute atomic E-state index is 0.0183. The van der Waals surface area contributed by atoms with E-state index in [-0.39, 0.29) is 17.3 Å². The number of hydrogen-bond acceptors (Lipinski definition) is 2. The minimum atomic E-state index is -4.41. The molecule has 1 aromatic carbocycles. The van der Waals surface area contributed by atoms with Gasteiger partial charge in [0.1, 0.15) is 0 Å². The predicted octanol–water partition coefficient (Wildman–Crippen LogP) is 3.71. The Labute approximate surface area is 103 Å². The van der Waals surface area contributed by atoms with E-state index in [1.54, 1.807) is 0 Å². The Morgan fingerprint density at radius 2 is 1.89 bits per heavy atom. The molecule has 0 spiro atoms. The molecule has 0 heterocycles. The highest BCUT2D eigenvalue weighted by molar-refractivity contribution is 5.57. The zero-order valence-electron chi connectivity index (χ0n) is 9.46. The van der Waals surface area contributed by atoms with Gasteiger partial charge >= 0.3 is 6.18 Å². The highest BCUT2D eigenvalue weighted by atomic mass is 19.4. The van der Waals surface area contributed by atoms with Gasteiger partial charge in [0.05, 0.1) is 17.2 Å². The first-order valence-electron chi connectivity index (χ1n) is 5.53. The topological polar surface area (TPSA) is 35.8 Å². The number of halogens is 3. The van der Waals surface area contributed by atoms with Crippen LogP contribution in [-0.4, -0.2) is 6.04 Å². The molecular weight excluding hydrogens is 241 g/mol. The second kappa shape index (κ2) is 4.73. The number of alkyl halides is 3. The van der Waals surface area contributed by atoms with Gasteiger partial charge in [-0.3, -0.25) is 0 Å². The molecule has 1 aromatic rings. The normalized spacial score (nSPS) is 15.7. The molecule has 18 heavy (non-hydrogen) atoms. The fraction of sp³-hybridized carbons (Fsp3) is 0.308. The van der Waals surface area contributed by atoms with Gasteiger partial charge in [0.25, 0.3) is 0 Å². The van der Waals surface area contributed by atoms with Crippen LogP contribution in [0.2, 0.25) is 0 Å². The fourth-order valence-corrected chi connectivity index (χ4v) is 1.94. The van der Waals surface area contributed by atoms with Crippen molar-refractivity contribution in [1.82, 2.24) is 0 Å². The van der Waals surface area contributed by atoms with E-state index >= 15 is 0 Å². The quantitative estimate of drug-likeness (QED) is 0.814. The summed E-state index contributed by atoms with van der Waals surface area (Å²) in [4.78, 5) is 0. The molecule has 1 N–H and O–H groups in total. The van der Waals surface area contributed by atoms with Crippen molar-refractivity contribution in [2.75, 3.05) is 5.32 Å². The van der Waals surface area contributed by atoms with Gasteiger partial charge in [-0.2, -0.15) is 18.4 Å². The van der Waals surface area contributed by atoms with Crippen molar-refractivity contribution in [3.05, 3.63) is 41.5 Å². The molecule has 0 fully saturated rings. The van der Waals surface area contributed by atoms with E-state index in [1.165, 1.54) is 12.1 Å². The summed E-state index contributed by atoms with van der Waals surface area (Å²) in [5, 5.41) is 11.6. The Balaban J connectivity index is 2.32. The third-order valence-electron chi connectivity index (χ3n) is 2.82. The van der Waals surface area contributed by atoms with Gasteiger partial charge in [-0.05, 0) is 31.0 Å². The Morgan fingerprint density at radius 1 is 1.22 bits per heavy atom. The molecule has 0 amide bonds. The highest BCUT2D eigenvalue weighted by Crippen LogP contribution is 2.36. The van der Waals surface area contributed by atoms with Crippen LogP contribution in [0.25, 0.3) is 0 Å². The highest BCUT2D eigenvalue weighted by Gasteiger charge is 2.34. The Hall–Kier alpha value is -1.96. The average Bonchev–Trinajstić information content (AvgIpc) is 2.80. The van der Waals surface area contributed by atoms with E-state index in [0.717, 1.165) is 6.07 Å². The van der Waals surface area contributed by atoms with Crippen LogP contribution in [0.4, 0.5) is 18.9 Å². The monoisotopic (exact) mass is 252 g/mol. The van der Waals surface area contributed by atoms with Crippen molar-refractivity contribution >= 4 is 5.69 Å². The van der Waals surface area contributed by atoms with Gasteiger partial charge in [0.15, 0.2) is 0 Å². The zero-order chi connectivity index (χ0) is 13.2. The summed E-state index contributed by atoms with van der Waals surface area (Å²) in [6.45, 7) is 0. The van der Waals surface area contributed by atoms with Crippen molar-refractivity contribution in [3.8, 4) is 6.07 Å². The summed E-state index contributed by atoms with van der Waals surface area (Å²) in [5.74, 6) is 0. The Bertz CT molecular complexity index is 504. The second-order valence-electron chi connectivity index (χ2n) is 4.15. The van der Waals surface area contributed by atoms with E-state index in [1.807, 2.05) is 18.2 Å². The molecule has 1 aliphatic rings. The number of nitrogens with zero attached hydrogens (tertiary/aromatic N) is 1. The summed E-state index contributed by atoms with van der Waals surface area (Å²) >= 11 is 0. The molecule has 0 bridgehead atoms. The van der Waals surface area contributed by atoms with E-state index < -0.39 is 11.7 Å². The van der Waals surface area contributed by atoms with Crippen molar-refractivity contribution in [3.63, 3.8) is 0 Å². The lowest BCUT2D eigenvalue weighted by molar-refractivity contribution is -0.137. The minimum Gasteiger partial charge on any atom is -0.381 e. The van der Waals surface area contributed by atoms with Gasteiger partial charge < -0.3 is 5.32 Å². The van der Waals surface area contributed by atoms with Crippen molar-refractivity contribution < 1.29 is 13.2 Å². The lowest BCUT2D eigenvalue weighted by Gasteiger charge is -2.18. The molecule has 0 saturated heterocycles. The Kier molecular flexibility index (Phi) is 3.28. The summed E-state index contributed by atoms with van der Waals surface area (Å²) in [6.07, 6.45) is 0.850. The zero-order valence-corrected chi connectivity index (χ0v) is 9.46. The van der Waals surface area contributed by atoms with Crippen LogP contribution in [-0.2, 0) is 6.18 Å². The largest absolute Gasteiger partial charge is 0.418 e. The van der Waals surface area contributed by atoms with Crippen LogP contribution in [0.1, 0.15) is 24.0 Å². The average molecular weight is 252 g/mol. The van der Waals surface area contributed by atoms with Gasteiger partial charge in [-0.1, -0.05) is 12.2 Å². The predicted molar refractivity (Wildman–Crippen MR) is 61.9 cm³/mol. The summed E-state index contributed by atoms with van der Waals surface area (Å²) in [7, 11) is 0. The summed E-state index contributed by atoms with van der Waals surface area (Å²) < 4.78 is 38.5. The van der Waals surface area contributed by atoms with Crippen LogP contribution < -0.4 is 5.32 Å². The maximum Gasteiger partial charge on any atom is 0.418 e. The van der Waals surface area contributed by atoms with Gasteiger partial charge in [-0.15, -0.1) is 0 Å². The van der Waals surface area contributed by atoms with E-state index in [4.69, 9.17) is 5.26 Å². The van der Waals surface area contributed by atoms with Crippen LogP contribution in [0.15, 0.2) is 30.4 Å². The molecule has 1 aliphatic carbocycles. The van der Waals surface area contributed by atoms with Crippen LogP contribution in [0.5, 0.6) is 0 Å². The van der Waals surface area contributed by atoms with Gasteiger partial charge in [-0.25, -0.2) is 0 Å². The van der Waals surface area contributed by atoms with E-state index in [0.29, 0.717) is 12.8 Å². The number of nitrogens with one attached hydrogen (secondary N) is 1. The third-order valence-corrected chi connectivity index (χ3v) is 2.82. The molecule has 2 rings (SSSR count). The Morgan fingerprint density at radius 3 is 2.44 bits per heavy atom. The third kappa shape index (κ3) is 2.65. The molecule has 0 saturated carbocycles. The maximum atomic E-state index is 12.8. The molecule has 2 nitrogen and oxygen atoms in total. The molecular formula is C13H11F3N2. The van der Waals surface area contributed by atoms with Crippen molar-refractivity contribution in [1.29, 1.82) is 5.26 Å². The van der Waals surface area contributed by atoms with Gasteiger partial charge in [0, 0.05) is 11.7 Å². The number of anilines is 1. The fourth-order valence-electron chi connectivity index (χ4n) is 1.94. The molecule has 0 radical (unpaired) electrons. The number of nitriles is 1. The first kappa shape index (κ1) is 12.5. The van der Waals surface area contributed by atoms with E-state index in [2.05, 4.69) is 5.32 Å². The van der Waals surface area contributed by atoms with Crippen LogP contribution in [0, 0.1) is 11.3 Å². The number of hydrogen-bond donors (Lipinski definition) is 1. The first-order chi connectivity index (χ1) is 8.50. The summed E-state index contributed by atoms with van der Waals surface area (Å²) in [5.41, 5.74) is -0.528. The van der Waals surface area contributed by atoms with Gasteiger partial charge in [0.2, 0.25) is 0 Å². The molecule has 5 heteroatoms. The second-order valence-corrected chi connectivity index (χ2v) is 4.15. The molecule has 94 valence electrons. The molecule has 0 aromatic heterocycles. The molecule has 0 aliphatic heterocycles.